The minimum atomic E-state index is -4.22. The smallest absolute Gasteiger partial charge is 0.298 e. The van der Waals surface area contributed by atoms with E-state index in [-0.39, 0.29) is 10.6 Å². The highest BCUT2D eigenvalue weighted by molar-refractivity contribution is 7.86. The molecule has 1 N–H and O–H groups in total. The Morgan fingerprint density at radius 1 is 0.833 bits per heavy atom. The number of benzene rings is 1. The molecular formula is C19H32O4S. The van der Waals surface area contributed by atoms with E-state index in [2.05, 4.69) is 6.92 Å². The molecule has 0 spiro atoms. The molecule has 0 aliphatic carbocycles. The Bertz CT molecular complexity index is 540. The van der Waals surface area contributed by atoms with Crippen molar-refractivity contribution in [2.75, 3.05) is 6.61 Å². The maximum Gasteiger partial charge on any atom is 0.298 e. The first-order valence-corrected chi connectivity index (χ1v) is 10.7. The number of rotatable bonds is 14. The summed E-state index contributed by atoms with van der Waals surface area (Å²) in [6, 6.07) is 6.19. The molecule has 0 fully saturated rings. The molecule has 138 valence electrons. The summed E-state index contributed by atoms with van der Waals surface area (Å²) in [5.74, 6) is 0.229. The average molecular weight is 357 g/mol. The van der Waals surface area contributed by atoms with E-state index < -0.39 is 10.1 Å². The first-order valence-electron chi connectivity index (χ1n) is 9.25. The zero-order valence-electron chi connectivity index (χ0n) is 14.9. The van der Waals surface area contributed by atoms with Gasteiger partial charge in [-0.25, -0.2) is 0 Å². The Hall–Kier alpha value is -1.07. The molecule has 0 aliphatic rings. The molecule has 1 rings (SSSR count). The predicted molar refractivity (Wildman–Crippen MR) is 98.2 cm³/mol. The summed E-state index contributed by atoms with van der Waals surface area (Å²) in [5.41, 5.74) is 0. The molecule has 0 aromatic heterocycles. The first-order chi connectivity index (χ1) is 11.6. The third-order valence-corrected chi connectivity index (χ3v) is 5.03. The van der Waals surface area contributed by atoms with Crippen LogP contribution in [-0.4, -0.2) is 19.6 Å². The van der Waals surface area contributed by atoms with Crippen molar-refractivity contribution in [3.05, 3.63) is 24.3 Å². The van der Waals surface area contributed by atoms with E-state index in [1.165, 1.54) is 63.9 Å². The van der Waals surface area contributed by atoms with Crippen LogP contribution in [0.2, 0.25) is 0 Å². The van der Waals surface area contributed by atoms with Crippen LogP contribution in [0.3, 0.4) is 0 Å². The molecule has 0 bridgehead atoms. The lowest BCUT2D eigenvalue weighted by Gasteiger charge is -2.09. The van der Waals surface area contributed by atoms with Gasteiger partial charge in [-0.3, -0.25) is 4.55 Å². The lowest BCUT2D eigenvalue weighted by atomic mass is 10.1. The molecule has 5 heteroatoms. The number of para-hydroxylation sites is 1. The van der Waals surface area contributed by atoms with Gasteiger partial charge in [0.05, 0.1) is 6.61 Å². The Labute approximate surface area is 147 Å². The van der Waals surface area contributed by atoms with Gasteiger partial charge >= 0.3 is 0 Å². The Morgan fingerprint density at radius 3 is 1.88 bits per heavy atom. The fraction of sp³-hybridized carbons (Fsp3) is 0.684. The highest BCUT2D eigenvalue weighted by Gasteiger charge is 2.15. The van der Waals surface area contributed by atoms with E-state index in [0.29, 0.717) is 6.61 Å². The van der Waals surface area contributed by atoms with Gasteiger partial charge in [0.15, 0.2) is 0 Å². The van der Waals surface area contributed by atoms with Crippen LogP contribution in [0, 0.1) is 0 Å². The van der Waals surface area contributed by atoms with Crippen molar-refractivity contribution in [1.29, 1.82) is 0 Å². The molecule has 0 aliphatic heterocycles. The lowest BCUT2D eigenvalue weighted by molar-refractivity contribution is 0.295. The largest absolute Gasteiger partial charge is 0.492 e. The molecule has 0 saturated heterocycles. The number of hydrogen-bond donors (Lipinski definition) is 1. The maximum absolute atomic E-state index is 11.2. The fourth-order valence-electron chi connectivity index (χ4n) is 2.73. The van der Waals surface area contributed by atoms with Gasteiger partial charge in [0.25, 0.3) is 10.1 Å². The molecular weight excluding hydrogens is 324 g/mol. The zero-order chi connectivity index (χ0) is 17.7. The zero-order valence-corrected chi connectivity index (χ0v) is 15.7. The standard InChI is InChI=1S/C19H32O4S/c1-2-3-4-5-6-7-8-9-10-11-14-17-23-18-15-12-13-16-19(18)24(20,21)22/h12-13,15-16H,2-11,14,17H2,1H3,(H,20,21,22). The molecule has 0 unspecified atom stereocenters. The van der Waals surface area contributed by atoms with Crippen LogP contribution < -0.4 is 4.74 Å². The fourth-order valence-corrected chi connectivity index (χ4v) is 3.36. The van der Waals surface area contributed by atoms with Crippen LogP contribution in [-0.2, 0) is 10.1 Å². The van der Waals surface area contributed by atoms with Gasteiger partial charge in [-0.05, 0) is 18.6 Å². The van der Waals surface area contributed by atoms with Gasteiger partial charge in [-0.15, -0.1) is 0 Å². The van der Waals surface area contributed by atoms with Crippen LogP contribution in [0.1, 0.15) is 77.6 Å². The first kappa shape index (κ1) is 21.0. The van der Waals surface area contributed by atoms with E-state index in [9.17, 15) is 8.42 Å². The Balaban J connectivity index is 2.05. The summed E-state index contributed by atoms with van der Waals surface area (Å²) in [6.07, 6.45) is 13.8. The summed E-state index contributed by atoms with van der Waals surface area (Å²) in [5, 5.41) is 0. The second kappa shape index (κ2) is 12.3. The third kappa shape index (κ3) is 9.28. The topological polar surface area (TPSA) is 63.6 Å². The number of ether oxygens (including phenoxy) is 1. The normalized spacial score (nSPS) is 11.6. The molecule has 0 atom stereocenters. The highest BCUT2D eigenvalue weighted by atomic mass is 32.2. The van der Waals surface area contributed by atoms with Crippen LogP contribution in [0.25, 0.3) is 0 Å². The lowest BCUT2D eigenvalue weighted by Crippen LogP contribution is -2.04. The molecule has 4 nitrogen and oxygen atoms in total. The van der Waals surface area contributed by atoms with Gasteiger partial charge in [-0.1, -0.05) is 83.3 Å². The van der Waals surface area contributed by atoms with Crippen molar-refractivity contribution in [2.45, 2.75) is 82.4 Å². The van der Waals surface area contributed by atoms with E-state index in [4.69, 9.17) is 9.29 Å². The van der Waals surface area contributed by atoms with Crippen LogP contribution >= 0.6 is 0 Å². The van der Waals surface area contributed by atoms with Gasteiger partial charge in [0.1, 0.15) is 10.6 Å². The van der Waals surface area contributed by atoms with Crippen LogP contribution in [0.15, 0.2) is 29.2 Å². The SMILES string of the molecule is CCCCCCCCCCCCCOc1ccccc1S(=O)(=O)O. The van der Waals surface area contributed by atoms with Crippen molar-refractivity contribution in [2.24, 2.45) is 0 Å². The van der Waals surface area contributed by atoms with Crippen molar-refractivity contribution >= 4 is 10.1 Å². The van der Waals surface area contributed by atoms with Crippen molar-refractivity contribution in [3.63, 3.8) is 0 Å². The molecule has 1 aromatic rings. The summed E-state index contributed by atoms with van der Waals surface area (Å²) in [7, 11) is -4.22. The number of unbranched alkanes of at least 4 members (excludes halogenated alkanes) is 10. The minimum Gasteiger partial charge on any atom is -0.492 e. The monoisotopic (exact) mass is 356 g/mol. The maximum atomic E-state index is 11.2. The summed E-state index contributed by atoms with van der Waals surface area (Å²) in [6.45, 7) is 2.72. The minimum absolute atomic E-state index is 0.159. The van der Waals surface area contributed by atoms with Gasteiger partial charge < -0.3 is 4.74 Å². The molecule has 0 heterocycles. The van der Waals surface area contributed by atoms with E-state index in [0.717, 1.165) is 12.8 Å². The van der Waals surface area contributed by atoms with Gasteiger partial charge in [-0.2, -0.15) is 8.42 Å². The average Bonchev–Trinajstić information content (AvgIpc) is 2.55. The van der Waals surface area contributed by atoms with Gasteiger partial charge in [0.2, 0.25) is 0 Å². The summed E-state index contributed by atoms with van der Waals surface area (Å²) >= 11 is 0. The molecule has 1 aromatic carbocycles. The van der Waals surface area contributed by atoms with E-state index >= 15 is 0 Å². The van der Waals surface area contributed by atoms with Crippen LogP contribution in [0.4, 0.5) is 0 Å². The second-order valence-electron chi connectivity index (χ2n) is 6.31. The predicted octanol–water partition coefficient (Wildman–Crippen LogP) is 5.62. The van der Waals surface area contributed by atoms with Crippen molar-refractivity contribution in [3.8, 4) is 5.75 Å². The second-order valence-corrected chi connectivity index (χ2v) is 7.70. The summed E-state index contributed by atoms with van der Waals surface area (Å²) < 4.78 is 37.2. The van der Waals surface area contributed by atoms with E-state index in [1.54, 1.807) is 18.2 Å². The Kier molecular flexibility index (Phi) is 10.8. The van der Waals surface area contributed by atoms with Gasteiger partial charge in [0, 0.05) is 0 Å². The Morgan fingerprint density at radius 2 is 1.33 bits per heavy atom. The van der Waals surface area contributed by atoms with Crippen LogP contribution in [0.5, 0.6) is 5.75 Å². The highest BCUT2D eigenvalue weighted by Crippen LogP contribution is 2.23. The molecule has 0 saturated carbocycles. The summed E-state index contributed by atoms with van der Waals surface area (Å²) in [4.78, 5) is -0.159. The van der Waals surface area contributed by atoms with E-state index in [1.807, 2.05) is 0 Å². The molecule has 0 radical (unpaired) electrons. The van der Waals surface area contributed by atoms with Crippen molar-refractivity contribution in [1.82, 2.24) is 0 Å². The quantitative estimate of drug-likeness (QED) is 0.347. The van der Waals surface area contributed by atoms with Crippen molar-refractivity contribution < 1.29 is 17.7 Å². The molecule has 0 amide bonds. The third-order valence-electron chi connectivity index (χ3n) is 4.13. The number of hydrogen-bond acceptors (Lipinski definition) is 3. The molecule has 24 heavy (non-hydrogen) atoms.